The van der Waals surface area contributed by atoms with Crippen LogP contribution in [0.15, 0.2) is 0 Å². The van der Waals surface area contributed by atoms with Crippen molar-refractivity contribution in [3.05, 3.63) is 0 Å². The molecule has 0 aliphatic heterocycles. The standard InChI is InChI=1S/C10H20N2O5/c1-10(16,6-8(13)14)7-12-9(15)11-4-3-5-17-2/h16H,3-7H2,1-2H3,(H,13,14)(H2,11,12,15). The third kappa shape index (κ3) is 9.58. The summed E-state index contributed by atoms with van der Waals surface area (Å²) in [6.45, 7) is 2.25. The Morgan fingerprint density at radius 1 is 1.35 bits per heavy atom. The fourth-order valence-corrected chi connectivity index (χ4v) is 1.14. The lowest BCUT2D eigenvalue weighted by Crippen LogP contribution is -2.46. The monoisotopic (exact) mass is 248 g/mol. The van der Waals surface area contributed by atoms with Crippen LogP contribution >= 0.6 is 0 Å². The van der Waals surface area contributed by atoms with Crippen molar-refractivity contribution in [2.24, 2.45) is 0 Å². The Morgan fingerprint density at radius 2 is 2.00 bits per heavy atom. The number of methoxy groups -OCH3 is 1. The van der Waals surface area contributed by atoms with E-state index in [0.717, 1.165) is 0 Å². The Morgan fingerprint density at radius 3 is 2.53 bits per heavy atom. The smallest absolute Gasteiger partial charge is 0.314 e. The summed E-state index contributed by atoms with van der Waals surface area (Å²) >= 11 is 0. The highest BCUT2D eigenvalue weighted by molar-refractivity contribution is 5.74. The molecule has 0 aromatic rings. The van der Waals surface area contributed by atoms with Crippen LogP contribution in [0.5, 0.6) is 0 Å². The van der Waals surface area contributed by atoms with Crippen molar-refractivity contribution in [2.75, 3.05) is 26.8 Å². The summed E-state index contributed by atoms with van der Waals surface area (Å²) in [4.78, 5) is 21.6. The van der Waals surface area contributed by atoms with E-state index in [1.807, 2.05) is 0 Å². The second kappa shape index (κ2) is 7.86. The average molecular weight is 248 g/mol. The quantitative estimate of drug-likeness (QED) is 0.435. The van der Waals surface area contributed by atoms with Crippen LogP contribution in [-0.4, -0.2) is 54.6 Å². The first kappa shape index (κ1) is 15.7. The molecule has 0 radical (unpaired) electrons. The molecule has 0 aromatic heterocycles. The molecular weight excluding hydrogens is 228 g/mol. The van der Waals surface area contributed by atoms with Crippen LogP contribution in [0.25, 0.3) is 0 Å². The lowest BCUT2D eigenvalue weighted by Gasteiger charge is -2.21. The number of nitrogens with one attached hydrogen (secondary N) is 2. The van der Waals surface area contributed by atoms with Crippen LogP contribution in [0.3, 0.4) is 0 Å². The molecule has 0 saturated carbocycles. The number of urea groups is 1. The Hall–Kier alpha value is -1.34. The third-order valence-corrected chi connectivity index (χ3v) is 1.97. The largest absolute Gasteiger partial charge is 0.481 e. The Kier molecular flexibility index (Phi) is 7.24. The van der Waals surface area contributed by atoms with E-state index in [1.165, 1.54) is 6.92 Å². The summed E-state index contributed by atoms with van der Waals surface area (Å²) < 4.78 is 4.80. The molecule has 0 bridgehead atoms. The number of hydrogen-bond acceptors (Lipinski definition) is 4. The number of aliphatic carboxylic acids is 1. The van der Waals surface area contributed by atoms with Crippen molar-refractivity contribution in [3.63, 3.8) is 0 Å². The number of amides is 2. The number of rotatable bonds is 8. The first-order chi connectivity index (χ1) is 7.87. The van der Waals surface area contributed by atoms with Gasteiger partial charge in [0.1, 0.15) is 0 Å². The summed E-state index contributed by atoms with van der Waals surface area (Å²) in [5.41, 5.74) is -1.45. The Balaban J connectivity index is 3.71. The zero-order chi connectivity index (χ0) is 13.3. The van der Waals surface area contributed by atoms with Crippen molar-refractivity contribution in [1.82, 2.24) is 10.6 Å². The predicted molar refractivity (Wildman–Crippen MR) is 60.8 cm³/mol. The van der Waals surface area contributed by atoms with Gasteiger partial charge < -0.3 is 25.6 Å². The van der Waals surface area contributed by atoms with Gasteiger partial charge in [-0.3, -0.25) is 4.79 Å². The van der Waals surface area contributed by atoms with E-state index in [4.69, 9.17) is 9.84 Å². The van der Waals surface area contributed by atoms with Gasteiger partial charge in [-0.25, -0.2) is 4.79 Å². The van der Waals surface area contributed by atoms with Crippen LogP contribution in [0.1, 0.15) is 19.8 Å². The van der Waals surface area contributed by atoms with E-state index >= 15 is 0 Å². The van der Waals surface area contributed by atoms with Crippen LogP contribution in [-0.2, 0) is 9.53 Å². The molecular formula is C10H20N2O5. The van der Waals surface area contributed by atoms with Crippen molar-refractivity contribution in [1.29, 1.82) is 0 Å². The Labute approximate surface area is 100 Å². The molecule has 17 heavy (non-hydrogen) atoms. The summed E-state index contributed by atoms with van der Waals surface area (Å²) in [6, 6.07) is -0.438. The van der Waals surface area contributed by atoms with Gasteiger partial charge in [-0.05, 0) is 13.3 Å². The lowest BCUT2D eigenvalue weighted by molar-refractivity contribution is -0.141. The van der Waals surface area contributed by atoms with Crippen LogP contribution < -0.4 is 10.6 Å². The van der Waals surface area contributed by atoms with Crippen LogP contribution in [0.2, 0.25) is 0 Å². The van der Waals surface area contributed by atoms with Gasteiger partial charge >= 0.3 is 12.0 Å². The minimum Gasteiger partial charge on any atom is -0.481 e. The van der Waals surface area contributed by atoms with Gasteiger partial charge in [0.25, 0.3) is 0 Å². The molecule has 1 atom stereocenters. The van der Waals surface area contributed by atoms with E-state index in [9.17, 15) is 14.7 Å². The van der Waals surface area contributed by atoms with E-state index in [1.54, 1.807) is 7.11 Å². The number of carboxylic acids is 1. The number of aliphatic hydroxyl groups is 1. The zero-order valence-electron chi connectivity index (χ0n) is 10.2. The highest BCUT2D eigenvalue weighted by Gasteiger charge is 2.24. The molecule has 0 aromatic carbocycles. The van der Waals surface area contributed by atoms with Gasteiger partial charge in [0, 0.05) is 26.8 Å². The molecule has 0 saturated heterocycles. The Bertz CT molecular complexity index is 255. The van der Waals surface area contributed by atoms with Gasteiger partial charge in [0.2, 0.25) is 0 Å². The van der Waals surface area contributed by atoms with Gasteiger partial charge in [-0.2, -0.15) is 0 Å². The summed E-state index contributed by atoms with van der Waals surface area (Å²) in [7, 11) is 1.57. The van der Waals surface area contributed by atoms with Gasteiger partial charge in [-0.1, -0.05) is 0 Å². The van der Waals surface area contributed by atoms with Crippen molar-refractivity contribution in [3.8, 4) is 0 Å². The molecule has 7 heteroatoms. The molecule has 1 unspecified atom stereocenters. The second-order valence-electron chi connectivity index (χ2n) is 4.02. The first-order valence-electron chi connectivity index (χ1n) is 5.32. The predicted octanol–water partition coefficient (Wildman–Crippen LogP) is -0.452. The van der Waals surface area contributed by atoms with E-state index in [-0.39, 0.29) is 6.54 Å². The van der Waals surface area contributed by atoms with Gasteiger partial charge in [-0.15, -0.1) is 0 Å². The van der Waals surface area contributed by atoms with Crippen molar-refractivity contribution >= 4 is 12.0 Å². The lowest BCUT2D eigenvalue weighted by atomic mass is 10.0. The van der Waals surface area contributed by atoms with Crippen molar-refractivity contribution in [2.45, 2.75) is 25.4 Å². The third-order valence-electron chi connectivity index (χ3n) is 1.97. The van der Waals surface area contributed by atoms with E-state index in [2.05, 4.69) is 10.6 Å². The van der Waals surface area contributed by atoms with Crippen LogP contribution in [0, 0.1) is 0 Å². The molecule has 0 spiro atoms. The number of carbonyl (C=O) groups is 2. The number of carboxylic acid groups (broad SMARTS) is 1. The number of carbonyl (C=O) groups excluding carboxylic acids is 1. The molecule has 0 aliphatic rings. The minimum atomic E-state index is -1.45. The second-order valence-corrected chi connectivity index (χ2v) is 4.02. The molecule has 0 aliphatic carbocycles. The summed E-state index contributed by atoms with van der Waals surface area (Å²) in [5.74, 6) is -1.11. The van der Waals surface area contributed by atoms with Gasteiger partial charge in [0.05, 0.1) is 12.0 Å². The topological polar surface area (TPSA) is 108 Å². The number of ether oxygens (including phenoxy) is 1. The maximum Gasteiger partial charge on any atom is 0.314 e. The molecule has 100 valence electrons. The normalized spacial score (nSPS) is 13.8. The molecule has 2 amide bonds. The van der Waals surface area contributed by atoms with Gasteiger partial charge in [0.15, 0.2) is 0 Å². The molecule has 0 rings (SSSR count). The highest BCUT2D eigenvalue weighted by atomic mass is 16.5. The molecule has 7 nitrogen and oxygen atoms in total. The van der Waals surface area contributed by atoms with Crippen LogP contribution in [0.4, 0.5) is 4.79 Å². The number of hydrogen-bond donors (Lipinski definition) is 4. The zero-order valence-corrected chi connectivity index (χ0v) is 10.2. The summed E-state index contributed by atoms with van der Waals surface area (Å²) in [5, 5.41) is 23.1. The van der Waals surface area contributed by atoms with Crippen molar-refractivity contribution < 1.29 is 24.5 Å². The van der Waals surface area contributed by atoms with E-state index < -0.39 is 24.0 Å². The molecule has 4 N–H and O–H groups in total. The molecule has 0 fully saturated rings. The average Bonchev–Trinajstić information content (AvgIpc) is 2.20. The highest BCUT2D eigenvalue weighted by Crippen LogP contribution is 2.06. The summed E-state index contributed by atoms with van der Waals surface area (Å²) in [6.07, 6.45) is 0.270. The SMILES string of the molecule is COCCCNC(=O)NCC(C)(O)CC(=O)O. The maximum atomic E-state index is 11.2. The molecule has 0 heterocycles. The first-order valence-corrected chi connectivity index (χ1v) is 5.32. The fraction of sp³-hybridized carbons (Fsp3) is 0.800. The minimum absolute atomic E-state index is 0.116. The fourth-order valence-electron chi connectivity index (χ4n) is 1.14. The van der Waals surface area contributed by atoms with E-state index in [0.29, 0.717) is 19.6 Å². The maximum absolute atomic E-state index is 11.2.